The van der Waals surface area contributed by atoms with Gasteiger partial charge in [0.15, 0.2) is 0 Å². The fourth-order valence-corrected chi connectivity index (χ4v) is 3.79. The van der Waals surface area contributed by atoms with Crippen molar-refractivity contribution in [3.63, 3.8) is 0 Å². The molecule has 23 heavy (non-hydrogen) atoms. The first-order chi connectivity index (χ1) is 11.1. The van der Waals surface area contributed by atoms with Crippen molar-refractivity contribution in [3.05, 3.63) is 35.4 Å². The van der Waals surface area contributed by atoms with Crippen LogP contribution in [0.5, 0.6) is 0 Å². The Morgan fingerprint density at radius 1 is 1.26 bits per heavy atom. The topological polar surface area (TPSA) is 32.8 Å². The summed E-state index contributed by atoms with van der Waals surface area (Å²) in [4.78, 5) is 16.3. The summed E-state index contributed by atoms with van der Waals surface area (Å²) in [5.74, 6) is 1.05. The highest BCUT2D eigenvalue weighted by Crippen LogP contribution is 2.17. The molecule has 2 aliphatic heterocycles. The summed E-state index contributed by atoms with van der Waals surface area (Å²) in [5.41, 5.74) is 0.312. The first-order valence-electron chi connectivity index (χ1n) is 7.78. The quantitative estimate of drug-likeness (QED) is 0.838. The summed E-state index contributed by atoms with van der Waals surface area (Å²) < 4.78 is 32.7. The van der Waals surface area contributed by atoms with Gasteiger partial charge in [0.2, 0.25) is 0 Å². The van der Waals surface area contributed by atoms with Gasteiger partial charge >= 0.3 is 0 Å². The van der Waals surface area contributed by atoms with Crippen molar-refractivity contribution in [2.45, 2.75) is 12.6 Å². The van der Waals surface area contributed by atoms with Gasteiger partial charge in [-0.15, -0.1) is 0 Å². The van der Waals surface area contributed by atoms with Crippen LogP contribution >= 0.6 is 11.8 Å². The smallest absolute Gasteiger partial charge is 0.253 e. The van der Waals surface area contributed by atoms with Crippen LogP contribution in [-0.2, 0) is 16.1 Å². The lowest BCUT2D eigenvalue weighted by atomic mass is 10.1. The summed E-state index contributed by atoms with van der Waals surface area (Å²) in [7, 11) is 0. The van der Waals surface area contributed by atoms with Crippen LogP contribution in [0.3, 0.4) is 0 Å². The molecular weight excluding hydrogens is 322 g/mol. The lowest BCUT2D eigenvalue weighted by Gasteiger charge is -2.36. The molecule has 0 aromatic heterocycles. The molecule has 7 heteroatoms. The molecule has 2 aliphatic rings. The predicted molar refractivity (Wildman–Crippen MR) is 85.3 cm³/mol. The molecule has 0 radical (unpaired) electrons. The van der Waals surface area contributed by atoms with E-state index in [0.29, 0.717) is 25.3 Å². The van der Waals surface area contributed by atoms with Gasteiger partial charge in [0.1, 0.15) is 17.7 Å². The SMILES string of the molecule is O=C(C1CN(Cc2cc(F)ccc2F)CCO1)N1CCSCC1. The highest BCUT2D eigenvalue weighted by molar-refractivity contribution is 7.99. The number of ether oxygens (including phenoxy) is 1. The van der Waals surface area contributed by atoms with Crippen LogP contribution in [-0.4, -0.2) is 66.1 Å². The Labute approximate surface area is 138 Å². The fourth-order valence-electron chi connectivity index (χ4n) is 2.89. The van der Waals surface area contributed by atoms with Crippen molar-refractivity contribution in [2.75, 3.05) is 44.3 Å². The molecule has 0 bridgehead atoms. The number of carbonyl (C=O) groups is 1. The summed E-state index contributed by atoms with van der Waals surface area (Å²) in [6, 6.07) is 3.46. The second-order valence-corrected chi connectivity index (χ2v) is 6.99. The third kappa shape index (κ3) is 4.22. The first kappa shape index (κ1) is 16.7. The zero-order chi connectivity index (χ0) is 16.2. The molecule has 0 N–H and O–H groups in total. The van der Waals surface area contributed by atoms with Crippen molar-refractivity contribution < 1.29 is 18.3 Å². The number of thioether (sulfide) groups is 1. The van der Waals surface area contributed by atoms with E-state index in [4.69, 9.17) is 4.74 Å². The Balaban J connectivity index is 1.61. The van der Waals surface area contributed by atoms with Gasteiger partial charge in [-0.1, -0.05) is 0 Å². The van der Waals surface area contributed by atoms with E-state index in [2.05, 4.69) is 0 Å². The van der Waals surface area contributed by atoms with Gasteiger partial charge in [0.25, 0.3) is 5.91 Å². The van der Waals surface area contributed by atoms with Crippen molar-refractivity contribution in [1.82, 2.24) is 9.80 Å². The minimum Gasteiger partial charge on any atom is -0.366 e. The number of amides is 1. The predicted octanol–water partition coefficient (Wildman–Crippen LogP) is 1.74. The van der Waals surface area contributed by atoms with Crippen molar-refractivity contribution in [2.24, 2.45) is 0 Å². The largest absolute Gasteiger partial charge is 0.366 e. The lowest BCUT2D eigenvalue weighted by molar-refractivity contribution is -0.149. The average molecular weight is 342 g/mol. The van der Waals surface area contributed by atoms with Crippen LogP contribution in [0.2, 0.25) is 0 Å². The number of benzene rings is 1. The molecule has 1 unspecified atom stereocenters. The number of halogens is 2. The Hall–Kier alpha value is -1.18. The molecule has 1 aromatic rings. The van der Waals surface area contributed by atoms with Gasteiger partial charge in [-0.05, 0) is 18.2 Å². The van der Waals surface area contributed by atoms with Crippen LogP contribution in [0, 0.1) is 11.6 Å². The first-order valence-corrected chi connectivity index (χ1v) is 8.93. The normalized spacial score (nSPS) is 23.0. The Kier molecular flexibility index (Phi) is 5.50. The van der Waals surface area contributed by atoms with Gasteiger partial charge in [0, 0.05) is 49.8 Å². The highest BCUT2D eigenvalue weighted by atomic mass is 32.2. The highest BCUT2D eigenvalue weighted by Gasteiger charge is 2.31. The molecule has 3 rings (SSSR count). The molecule has 0 spiro atoms. The van der Waals surface area contributed by atoms with E-state index in [1.54, 1.807) is 0 Å². The minimum absolute atomic E-state index is 0.00899. The lowest BCUT2D eigenvalue weighted by Crippen LogP contribution is -2.52. The number of hydrogen-bond donors (Lipinski definition) is 0. The summed E-state index contributed by atoms with van der Waals surface area (Å²) in [5, 5.41) is 0. The van der Waals surface area contributed by atoms with E-state index in [1.807, 2.05) is 21.6 Å². The van der Waals surface area contributed by atoms with Crippen molar-refractivity contribution in [1.29, 1.82) is 0 Å². The van der Waals surface area contributed by atoms with Crippen molar-refractivity contribution in [3.8, 4) is 0 Å². The molecule has 1 atom stereocenters. The van der Waals surface area contributed by atoms with Gasteiger partial charge in [0.05, 0.1) is 6.61 Å². The van der Waals surface area contributed by atoms with Crippen LogP contribution in [0.15, 0.2) is 18.2 Å². The van der Waals surface area contributed by atoms with Gasteiger partial charge in [-0.2, -0.15) is 11.8 Å². The van der Waals surface area contributed by atoms with Crippen LogP contribution in [0.25, 0.3) is 0 Å². The molecule has 2 saturated heterocycles. The molecule has 1 amide bonds. The molecule has 2 fully saturated rings. The van der Waals surface area contributed by atoms with Crippen molar-refractivity contribution >= 4 is 17.7 Å². The summed E-state index contributed by atoms with van der Waals surface area (Å²) in [6.45, 7) is 3.24. The average Bonchev–Trinajstić information content (AvgIpc) is 2.58. The number of morpholine rings is 1. The maximum atomic E-state index is 13.8. The van der Waals surface area contributed by atoms with Crippen LogP contribution in [0.1, 0.15) is 5.56 Å². The van der Waals surface area contributed by atoms with E-state index < -0.39 is 17.7 Å². The monoisotopic (exact) mass is 342 g/mol. The Bertz CT molecular complexity index is 567. The van der Waals surface area contributed by atoms with Gasteiger partial charge in [-0.25, -0.2) is 8.78 Å². The van der Waals surface area contributed by atoms with E-state index in [-0.39, 0.29) is 12.5 Å². The van der Waals surface area contributed by atoms with Gasteiger partial charge < -0.3 is 9.64 Å². The molecule has 0 saturated carbocycles. The zero-order valence-corrected chi connectivity index (χ0v) is 13.7. The van der Waals surface area contributed by atoms with Gasteiger partial charge in [-0.3, -0.25) is 9.69 Å². The molecule has 126 valence electrons. The summed E-state index contributed by atoms with van der Waals surface area (Å²) >= 11 is 1.85. The molecule has 2 heterocycles. The summed E-state index contributed by atoms with van der Waals surface area (Å²) in [6.07, 6.45) is -0.511. The maximum Gasteiger partial charge on any atom is 0.253 e. The molecule has 1 aromatic carbocycles. The maximum absolute atomic E-state index is 13.8. The second-order valence-electron chi connectivity index (χ2n) is 5.77. The number of rotatable bonds is 3. The third-order valence-electron chi connectivity index (χ3n) is 4.15. The third-order valence-corrected chi connectivity index (χ3v) is 5.09. The number of nitrogens with zero attached hydrogens (tertiary/aromatic N) is 2. The zero-order valence-electron chi connectivity index (χ0n) is 12.8. The van der Waals surface area contributed by atoms with E-state index in [9.17, 15) is 13.6 Å². The molecule has 4 nitrogen and oxygen atoms in total. The van der Waals surface area contributed by atoms with Crippen LogP contribution in [0.4, 0.5) is 8.78 Å². The molecule has 0 aliphatic carbocycles. The van der Waals surface area contributed by atoms with E-state index in [1.165, 1.54) is 6.07 Å². The number of hydrogen-bond acceptors (Lipinski definition) is 4. The standard InChI is InChI=1S/C16H20F2N2O2S/c17-13-1-2-14(18)12(9-13)10-19-3-6-22-15(11-19)16(21)20-4-7-23-8-5-20/h1-2,9,15H,3-8,10-11H2. The van der Waals surface area contributed by atoms with E-state index in [0.717, 1.165) is 36.7 Å². The van der Waals surface area contributed by atoms with Crippen LogP contribution < -0.4 is 0 Å². The number of carbonyl (C=O) groups excluding carboxylic acids is 1. The fraction of sp³-hybridized carbons (Fsp3) is 0.562. The molecular formula is C16H20F2N2O2S. The second kappa shape index (κ2) is 7.59. The van der Waals surface area contributed by atoms with E-state index >= 15 is 0 Å². The Morgan fingerprint density at radius 2 is 2.04 bits per heavy atom. The minimum atomic E-state index is -0.511. The Morgan fingerprint density at radius 3 is 2.83 bits per heavy atom.